The minimum Gasteiger partial charge on any atom is -0.404 e. The van der Waals surface area contributed by atoms with Crippen LogP contribution < -0.4 is 10.6 Å². The summed E-state index contributed by atoms with van der Waals surface area (Å²) in [6, 6.07) is 2.59. The van der Waals surface area contributed by atoms with Crippen molar-refractivity contribution in [3.63, 3.8) is 0 Å². The fraction of sp³-hybridized carbons (Fsp3) is 0.500. The second-order valence-corrected chi connectivity index (χ2v) is 3.86. The Kier molecular flexibility index (Phi) is 3.38. The first-order chi connectivity index (χ1) is 8.16. The smallest absolute Gasteiger partial charge is 0.404 e. The Morgan fingerprint density at radius 3 is 3.06 bits per heavy atom. The van der Waals surface area contributed by atoms with Crippen molar-refractivity contribution >= 4 is 11.8 Å². The van der Waals surface area contributed by atoms with Crippen molar-refractivity contribution in [1.29, 1.82) is 0 Å². The second-order valence-electron chi connectivity index (χ2n) is 3.86. The van der Waals surface area contributed by atoms with Gasteiger partial charge in [-0.15, -0.1) is 0 Å². The zero-order valence-electron chi connectivity index (χ0n) is 9.14. The van der Waals surface area contributed by atoms with Crippen LogP contribution in [-0.4, -0.2) is 23.4 Å². The Morgan fingerprint density at radius 2 is 2.41 bits per heavy atom. The normalized spacial score (nSPS) is 20.0. The van der Waals surface area contributed by atoms with E-state index in [4.69, 9.17) is 4.42 Å². The van der Waals surface area contributed by atoms with Crippen LogP contribution in [0.1, 0.15) is 18.6 Å². The van der Waals surface area contributed by atoms with Gasteiger partial charge in [0, 0.05) is 6.54 Å². The molecule has 1 amide bonds. The quantitative estimate of drug-likeness (QED) is 0.591. The molecule has 1 saturated heterocycles. The third-order valence-corrected chi connectivity index (χ3v) is 2.64. The minimum atomic E-state index is -0.586. The lowest BCUT2D eigenvalue weighted by molar-refractivity contribution is -0.402. The van der Waals surface area contributed by atoms with Crippen molar-refractivity contribution in [3.05, 3.63) is 28.0 Å². The van der Waals surface area contributed by atoms with Crippen LogP contribution in [0.4, 0.5) is 5.88 Å². The molecule has 7 heteroatoms. The first-order valence-corrected chi connectivity index (χ1v) is 5.41. The van der Waals surface area contributed by atoms with Gasteiger partial charge in [-0.2, -0.15) is 0 Å². The predicted octanol–water partition coefficient (Wildman–Crippen LogP) is 0.556. The fourth-order valence-corrected chi connectivity index (χ4v) is 1.75. The number of hydrogen-bond donors (Lipinski definition) is 2. The molecule has 0 spiro atoms. The molecule has 0 aromatic carbocycles. The van der Waals surface area contributed by atoms with Crippen molar-refractivity contribution in [2.75, 3.05) is 6.54 Å². The van der Waals surface area contributed by atoms with E-state index in [2.05, 4.69) is 10.6 Å². The van der Waals surface area contributed by atoms with Gasteiger partial charge in [0.2, 0.25) is 5.91 Å². The summed E-state index contributed by atoms with van der Waals surface area (Å²) in [6.07, 6.45) is 1.70. The molecule has 7 nitrogen and oxygen atoms in total. The molecule has 2 N–H and O–H groups in total. The summed E-state index contributed by atoms with van der Waals surface area (Å²) in [5.74, 6) is 0.141. The lowest BCUT2D eigenvalue weighted by atomic mass is 10.1. The minimum absolute atomic E-state index is 0.0303. The molecule has 1 unspecified atom stereocenters. The summed E-state index contributed by atoms with van der Waals surface area (Å²) < 4.78 is 4.98. The third kappa shape index (κ3) is 2.82. The maximum absolute atomic E-state index is 11.4. The topological polar surface area (TPSA) is 97.4 Å². The van der Waals surface area contributed by atoms with Crippen LogP contribution in [0.25, 0.3) is 0 Å². The Morgan fingerprint density at radius 1 is 1.59 bits per heavy atom. The summed E-state index contributed by atoms with van der Waals surface area (Å²) in [5.41, 5.74) is 0. The molecule has 1 aromatic heterocycles. The standard InChI is InChI=1S/C10H13N3O4/c14-10-8(2-1-5-11-10)12-6-7-3-4-9(17-7)13(15)16/h3-4,8,12H,1-2,5-6H2,(H,11,14). The van der Waals surface area contributed by atoms with Crippen LogP contribution in [-0.2, 0) is 11.3 Å². The van der Waals surface area contributed by atoms with Crippen molar-refractivity contribution < 1.29 is 14.1 Å². The maximum atomic E-state index is 11.4. The molecule has 2 rings (SSSR count). The zero-order valence-corrected chi connectivity index (χ0v) is 9.14. The molecule has 0 bridgehead atoms. The molecule has 1 aliphatic rings. The lowest BCUT2D eigenvalue weighted by Gasteiger charge is -2.22. The fourth-order valence-electron chi connectivity index (χ4n) is 1.75. The van der Waals surface area contributed by atoms with Gasteiger partial charge in [0.05, 0.1) is 18.7 Å². The molecule has 17 heavy (non-hydrogen) atoms. The number of nitrogens with one attached hydrogen (secondary N) is 2. The van der Waals surface area contributed by atoms with Crippen molar-refractivity contribution in [3.8, 4) is 0 Å². The van der Waals surface area contributed by atoms with Crippen LogP contribution in [0.3, 0.4) is 0 Å². The van der Waals surface area contributed by atoms with E-state index in [-0.39, 0.29) is 17.8 Å². The molecule has 1 fully saturated rings. The molecule has 1 aliphatic heterocycles. The molecular formula is C10H13N3O4. The highest BCUT2D eigenvalue weighted by molar-refractivity contribution is 5.82. The van der Waals surface area contributed by atoms with E-state index in [0.29, 0.717) is 18.8 Å². The number of furan rings is 1. The molecule has 1 aromatic rings. The number of nitro groups is 1. The summed E-state index contributed by atoms with van der Waals surface area (Å²) in [6.45, 7) is 1.02. The number of piperidine rings is 1. The monoisotopic (exact) mass is 239 g/mol. The van der Waals surface area contributed by atoms with E-state index in [1.54, 1.807) is 0 Å². The van der Waals surface area contributed by atoms with Crippen LogP contribution in [0, 0.1) is 10.1 Å². The Bertz CT molecular complexity index is 429. The van der Waals surface area contributed by atoms with Gasteiger partial charge in [-0.3, -0.25) is 20.2 Å². The average molecular weight is 239 g/mol. The SMILES string of the molecule is O=C1NCCCC1NCc1ccc([N+](=O)[O-])o1. The molecule has 2 heterocycles. The zero-order chi connectivity index (χ0) is 12.3. The van der Waals surface area contributed by atoms with Gasteiger partial charge in [-0.1, -0.05) is 0 Å². The Hall–Kier alpha value is -1.89. The first-order valence-electron chi connectivity index (χ1n) is 5.41. The van der Waals surface area contributed by atoms with E-state index in [1.807, 2.05) is 0 Å². The van der Waals surface area contributed by atoms with Crippen molar-refractivity contribution in [2.24, 2.45) is 0 Å². The van der Waals surface area contributed by atoms with Crippen LogP contribution in [0.2, 0.25) is 0 Å². The number of carbonyl (C=O) groups is 1. The van der Waals surface area contributed by atoms with Crippen LogP contribution in [0.15, 0.2) is 16.5 Å². The molecule has 0 radical (unpaired) electrons. The highest BCUT2D eigenvalue weighted by Crippen LogP contribution is 2.15. The largest absolute Gasteiger partial charge is 0.433 e. The molecule has 0 saturated carbocycles. The van der Waals surface area contributed by atoms with Gasteiger partial charge >= 0.3 is 5.88 Å². The second kappa shape index (κ2) is 4.96. The van der Waals surface area contributed by atoms with Crippen LogP contribution in [0.5, 0.6) is 0 Å². The lowest BCUT2D eigenvalue weighted by Crippen LogP contribution is -2.47. The summed E-state index contributed by atoms with van der Waals surface area (Å²) in [4.78, 5) is 21.2. The molecule has 0 aliphatic carbocycles. The predicted molar refractivity (Wildman–Crippen MR) is 58.2 cm³/mol. The van der Waals surface area contributed by atoms with Crippen LogP contribution >= 0.6 is 0 Å². The Labute approximate surface area is 97.3 Å². The van der Waals surface area contributed by atoms with E-state index >= 15 is 0 Å². The van der Waals surface area contributed by atoms with E-state index in [9.17, 15) is 14.9 Å². The van der Waals surface area contributed by atoms with Crippen molar-refractivity contribution in [2.45, 2.75) is 25.4 Å². The average Bonchev–Trinajstić information content (AvgIpc) is 2.77. The summed E-state index contributed by atoms with van der Waals surface area (Å²) in [5, 5.41) is 16.2. The third-order valence-electron chi connectivity index (χ3n) is 2.64. The highest BCUT2D eigenvalue weighted by atomic mass is 16.6. The van der Waals surface area contributed by atoms with E-state index in [0.717, 1.165) is 12.8 Å². The maximum Gasteiger partial charge on any atom is 0.433 e. The molecule has 1 atom stereocenters. The van der Waals surface area contributed by atoms with Gasteiger partial charge in [0.15, 0.2) is 0 Å². The highest BCUT2D eigenvalue weighted by Gasteiger charge is 2.21. The number of rotatable bonds is 4. The summed E-state index contributed by atoms with van der Waals surface area (Å²) in [7, 11) is 0. The van der Waals surface area contributed by atoms with Gasteiger partial charge in [0.25, 0.3) is 0 Å². The number of amides is 1. The molecular weight excluding hydrogens is 226 g/mol. The Balaban J connectivity index is 1.88. The van der Waals surface area contributed by atoms with Gasteiger partial charge in [0.1, 0.15) is 10.7 Å². The van der Waals surface area contributed by atoms with E-state index < -0.39 is 4.92 Å². The summed E-state index contributed by atoms with van der Waals surface area (Å²) >= 11 is 0. The number of nitrogens with zero attached hydrogens (tertiary/aromatic N) is 1. The van der Waals surface area contributed by atoms with E-state index in [1.165, 1.54) is 12.1 Å². The van der Waals surface area contributed by atoms with Gasteiger partial charge in [-0.25, -0.2) is 0 Å². The van der Waals surface area contributed by atoms with Gasteiger partial charge in [-0.05, 0) is 18.9 Å². The van der Waals surface area contributed by atoms with Gasteiger partial charge < -0.3 is 9.73 Å². The number of carbonyl (C=O) groups excluding carboxylic acids is 1. The van der Waals surface area contributed by atoms with Crippen molar-refractivity contribution in [1.82, 2.24) is 10.6 Å². The first kappa shape index (κ1) is 11.6. The molecule has 92 valence electrons. The number of hydrogen-bond acceptors (Lipinski definition) is 5.